The molecule has 2 saturated heterocycles. The SMILES string of the molecule is C[C@H](C(=O)N[C@@H]1CN(C(=O)c2nccn3cncc23)CC[C@H]1c1cc(F)cc(Cl)c1)N1CCCC1. The highest BCUT2D eigenvalue weighted by molar-refractivity contribution is 6.30. The summed E-state index contributed by atoms with van der Waals surface area (Å²) in [4.78, 5) is 39.0. The van der Waals surface area contributed by atoms with E-state index in [1.807, 2.05) is 6.92 Å². The molecule has 2 aliphatic rings. The van der Waals surface area contributed by atoms with Crippen molar-refractivity contribution in [3.8, 4) is 0 Å². The molecule has 8 nitrogen and oxygen atoms in total. The van der Waals surface area contributed by atoms with Gasteiger partial charge in [-0.25, -0.2) is 14.4 Å². The number of hydrogen-bond donors (Lipinski definition) is 1. The van der Waals surface area contributed by atoms with Crippen LogP contribution >= 0.6 is 11.6 Å². The molecule has 3 atom stereocenters. The normalized spacial score (nSPS) is 21.9. The van der Waals surface area contributed by atoms with Gasteiger partial charge in [-0.15, -0.1) is 0 Å². The summed E-state index contributed by atoms with van der Waals surface area (Å²) in [5.41, 5.74) is 1.66. The fourth-order valence-electron chi connectivity index (χ4n) is 5.24. The zero-order chi connectivity index (χ0) is 24.5. The molecule has 1 N–H and O–H groups in total. The van der Waals surface area contributed by atoms with E-state index in [-0.39, 0.29) is 30.3 Å². The smallest absolute Gasteiger partial charge is 0.274 e. The Labute approximate surface area is 208 Å². The number of fused-ring (bicyclic) bond motifs is 1. The number of imidazole rings is 1. The van der Waals surface area contributed by atoms with Crippen LogP contribution in [-0.4, -0.2) is 74.2 Å². The maximum Gasteiger partial charge on any atom is 0.274 e. The summed E-state index contributed by atoms with van der Waals surface area (Å²) >= 11 is 6.15. The fourth-order valence-corrected chi connectivity index (χ4v) is 5.47. The van der Waals surface area contributed by atoms with Crippen molar-refractivity contribution in [2.45, 2.75) is 44.2 Å². The second-order valence-corrected chi connectivity index (χ2v) is 9.78. The number of rotatable bonds is 5. The molecule has 184 valence electrons. The maximum absolute atomic E-state index is 14.2. The van der Waals surface area contributed by atoms with Gasteiger partial charge in [-0.2, -0.15) is 0 Å². The third kappa shape index (κ3) is 4.88. The van der Waals surface area contributed by atoms with Crippen LogP contribution in [0.3, 0.4) is 0 Å². The highest BCUT2D eigenvalue weighted by Gasteiger charge is 2.36. The quantitative estimate of drug-likeness (QED) is 0.584. The third-order valence-corrected chi connectivity index (χ3v) is 7.37. The van der Waals surface area contributed by atoms with Crippen LogP contribution in [0.1, 0.15) is 48.2 Å². The molecule has 35 heavy (non-hydrogen) atoms. The Morgan fingerprint density at radius 3 is 2.77 bits per heavy atom. The number of hydrogen-bond acceptors (Lipinski definition) is 5. The minimum Gasteiger partial charge on any atom is -0.350 e. The average molecular weight is 499 g/mol. The first kappa shape index (κ1) is 23.7. The number of nitrogens with zero attached hydrogens (tertiary/aromatic N) is 5. The molecule has 1 aromatic carbocycles. The van der Waals surface area contributed by atoms with Crippen molar-refractivity contribution in [3.05, 3.63) is 65.2 Å². The van der Waals surface area contributed by atoms with Gasteiger partial charge >= 0.3 is 0 Å². The number of carbonyl (C=O) groups is 2. The van der Waals surface area contributed by atoms with E-state index < -0.39 is 11.9 Å². The van der Waals surface area contributed by atoms with Crippen LogP contribution in [0.4, 0.5) is 4.39 Å². The summed E-state index contributed by atoms with van der Waals surface area (Å²) in [6, 6.07) is 3.80. The van der Waals surface area contributed by atoms with Crippen molar-refractivity contribution < 1.29 is 14.0 Å². The van der Waals surface area contributed by atoms with E-state index in [0.29, 0.717) is 29.2 Å². The standard InChI is InChI=1S/C25H28ClFN6O2/c1-16(31-6-2-3-7-31)24(34)30-21-14-32(8-4-20(21)17-10-18(26)12-19(27)11-17)25(35)23-22-13-28-15-33(22)9-5-29-23/h5,9-13,15-16,20-21H,2-4,6-8,14H2,1H3,(H,30,34)/t16-,20+,21-/m1/s1. The lowest BCUT2D eigenvalue weighted by molar-refractivity contribution is -0.126. The lowest BCUT2D eigenvalue weighted by Crippen LogP contribution is -2.56. The van der Waals surface area contributed by atoms with E-state index in [1.165, 1.54) is 12.1 Å². The van der Waals surface area contributed by atoms with Crippen molar-refractivity contribution >= 4 is 28.9 Å². The van der Waals surface area contributed by atoms with E-state index >= 15 is 0 Å². The van der Waals surface area contributed by atoms with Crippen LogP contribution in [-0.2, 0) is 4.79 Å². The third-order valence-electron chi connectivity index (χ3n) is 7.15. The van der Waals surface area contributed by atoms with Crippen LogP contribution in [0.15, 0.2) is 43.1 Å². The monoisotopic (exact) mass is 498 g/mol. The second-order valence-electron chi connectivity index (χ2n) is 9.35. The topological polar surface area (TPSA) is 82.8 Å². The Bertz CT molecular complexity index is 1220. The predicted octanol–water partition coefficient (Wildman–Crippen LogP) is 3.12. The molecule has 0 bridgehead atoms. The molecular weight excluding hydrogens is 471 g/mol. The van der Waals surface area contributed by atoms with Crippen molar-refractivity contribution in [1.29, 1.82) is 0 Å². The van der Waals surface area contributed by atoms with E-state index in [9.17, 15) is 14.0 Å². The summed E-state index contributed by atoms with van der Waals surface area (Å²) < 4.78 is 15.9. The van der Waals surface area contributed by atoms with Gasteiger partial charge in [0.15, 0.2) is 5.69 Å². The molecule has 0 aliphatic carbocycles. The van der Waals surface area contributed by atoms with Crippen molar-refractivity contribution in [1.82, 2.24) is 29.5 Å². The van der Waals surface area contributed by atoms with E-state index in [1.54, 1.807) is 40.3 Å². The van der Waals surface area contributed by atoms with Crippen LogP contribution in [0.2, 0.25) is 5.02 Å². The van der Waals surface area contributed by atoms with Gasteiger partial charge in [-0.05, 0) is 63.0 Å². The number of benzene rings is 1. The largest absolute Gasteiger partial charge is 0.350 e. The molecule has 4 heterocycles. The minimum absolute atomic E-state index is 0.0882. The molecule has 0 saturated carbocycles. The number of likely N-dealkylation sites (tertiary alicyclic amines) is 2. The molecule has 2 fully saturated rings. The van der Waals surface area contributed by atoms with Gasteiger partial charge in [0, 0.05) is 36.4 Å². The highest BCUT2D eigenvalue weighted by atomic mass is 35.5. The lowest BCUT2D eigenvalue weighted by Gasteiger charge is -2.40. The second kappa shape index (κ2) is 9.91. The molecule has 0 radical (unpaired) electrons. The van der Waals surface area contributed by atoms with Gasteiger partial charge in [-0.1, -0.05) is 11.6 Å². The predicted molar refractivity (Wildman–Crippen MR) is 130 cm³/mol. The lowest BCUT2D eigenvalue weighted by atomic mass is 9.84. The summed E-state index contributed by atoms with van der Waals surface area (Å²) in [6.07, 6.45) is 9.26. The number of amides is 2. The van der Waals surface area contributed by atoms with E-state index in [2.05, 4.69) is 20.2 Å². The summed E-state index contributed by atoms with van der Waals surface area (Å²) in [5, 5.41) is 3.48. The fraction of sp³-hybridized carbons (Fsp3) is 0.440. The number of piperidine rings is 1. The molecular formula is C25H28ClFN6O2. The van der Waals surface area contributed by atoms with Gasteiger partial charge in [0.25, 0.3) is 5.91 Å². The molecule has 0 spiro atoms. The van der Waals surface area contributed by atoms with Crippen molar-refractivity contribution in [2.24, 2.45) is 0 Å². The van der Waals surface area contributed by atoms with Gasteiger partial charge in [0.2, 0.25) is 5.91 Å². The van der Waals surface area contributed by atoms with Crippen molar-refractivity contribution in [2.75, 3.05) is 26.2 Å². The van der Waals surface area contributed by atoms with E-state index in [0.717, 1.165) is 31.5 Å². The Balaban J connectivity index is 1.41. The number of aromatic nitrogens is 3. The Morgan fingerprint density at radius 2 is 2.00 bits per heavy atom. The number of halogens is 2. The zero-order valence-corrected chi connectivity index (χ0v) is 20.3. The Kier molecular flexibility index (Phi) is 6.71. The molecule has 2 amide bonds. The van der Waals surface area contributed by atoms with Crippen molar-refractivity contribution in [3.63, 3.8) is 0 Å². The minimum atomic E-state index is -0.418. The molecule has 10 heteroatoms. The average Bonchev–Trinajstić information content (AvgIpc) is 3.54. The first-order chi connectivity index (χ1) is 16.9. The first-order valence-electron chi connectivity index (χ1n) is 12.0. The van der Waals surface area contributed by atoms with Gasteiger partial charge in [-0.3, -0.25) is 14.5 Å². The van der Waals surface area contributed by atoms with E-state index in [4.69, 9.17) is 11.6 Å². The molecule has 5 rings (SSSR count). The number of carbonyl (C=O) groups excluding carboxylic acids is 2. The van der Waals surface area contributed by atoms with Crippen LogP contribution in [0.25, 0.3) is 5.52 Å². The Morgan fingerprint density at radius 1 is 1.20 bits per heavy atom. The summed E-state index contributed by atoms with van der Waals surface area (Å²) in [6.45, 7) is 4.43. The maximum atomic E-state index is 14.2. The summed E-state index contributed by atoms with van der Waals surface area (Å²) in [5.74, 6) is -0.910. The molecule has 3 aromatic rings. The zero-order valence-electron chi connectivity index (χ0n) is 19.5. The highest BCUT2D eigenvalue weighted by Crippen LogP contribution is 2.32. The van der Waals surface area contributed by atoms with Gasteiger partial charge < -0.3 is 14.6 Å². The summed E-state index contributed by atoms with van der Waals surface area (Å²) in [7, 11) is 0. The van der Waals surface area contributed by atoms with Crippen LogP contribution < -0.4 is 5.32 Å². The van der Waals surface area contributed by atoms with Gasteiger partial charge in [0.1, 0.15) is 5.82 Å². The molecule has 0 unspecified atom stereocenters. The molecule has 2 aliphatic heterocycles. The first-order valence-corrected chi connectivity index (χ1v) is 12.3. The molecule has 2 aromatic heterocycles. The van der Waals surface area contributed by atoms with Crippen LogP contribution in [0.5, 0.6) is 0 Å². The van der Waals surface area contributed by atoms with Crippen LogP contribution in [0, 0.1) is 5.82 Å². The van der Waals surface area contributed by atoms with Gasteiger partial charge in [0.05, 0.1) is 30.1 Å². The Hall–Kier alpha value is -3.04. The number of nitrogens with one attached hydrogen (secondary N) is 1.